The second-order valence-electron chi connectivity index (χ2n) is 6.28. The van der Waals surface area contributed by atoms with Crippen molar-refractivity contribution in [1.29, 1.82) is 0 Å². The Bertz CT molecular complexity index is 1040. The molecule has 4 aromatic rings. The summed E-state index contributed by atoms with van der Waals surface area (Å²) < 4.78 is 0. The van der Waals surface area contributed by atoms with Gasteiger partial charge in [0.2, 0.25) is 0 Å². The van der Waals surface area contributed by atoms with Gasteiger partial charge in [0.25, 0.3) is 0 Å². The number of amides is 2. The average Bonchev–Trinajstić information content (AvgIpc) is 3.08. The lowest BCUT2D eigenvalue weighted by Crippen LogP contribution is -2.30. The maximum absolute atomic E-state index is 12.5. The fourth-order valence-electron chi connectivity index (χ4n) is 3.12. The van der Waals surface area contributed by atoms with Crippen LogP contribution in [0.4, 0.5) is 10.5 Å². The smallest absolute Gasteiger partial charge is 0.319 e. The maximum atomic E-state index is 12.5. The molecule has 2 heterocycles. The van der Waals surface area contributed by atoms with Gasteiger partial charge in [0.05, 0.1) is 11.4 Å². The molecule has 0 saturated heterocycles. The van der Waals surface area contributed by atoms with E-state index in [0.717, 1.165) is 34.3 Å². The minimum Gasteiger partial charge on any atom is -0.353 e. The second-order valence-corrected chi connectivity index (χ2v) is 6.28. The first-order chi connectivity index (χ1) is 13.3. The highest BCUT2D eigenvalue weighted by Gasteiger charge is 2.15. The van der Waals surface area contributed by atoms with E-state index < -0.39 is 0 Å². The molecule has 0 aliphatic rings. The lowest BCUT2D eigenvalue weighted by atomic mass is 10.1. The van der Waals surface area contributed by atoms with Crippen LogP contribution in [0.15, 0.2) is 79.1 Å². The van der Waals surface area contributed by atoms with Gasteiger partial charge >= 0.3 is 6.03 Å². The van der Waals surface area contributed by atoms with Gasteiger partial charge in [-0.05, 0) is 30.2 Å². The summed E-state index contributed by atoms with van der Waals surface area (Å²) >= 11 is 0. The van der Waals surface area contributed by atoms with Crippen molar-refractivity contribution >= 4 is 22.6 Å². The van der Waals surface area contributed by atoms with Crippen LogP contribution in [0.25, 0.3) is 22.2 Å². The normalized spacial score (nSPS) is 10.7. The zero-order chi connectivity index (χ0) is 18.5. The number of carbonyl (C=O) groups excluding carboxylic acids is 1. The van der Waals surface area contributed by atoms with Crippen LogP contribution in [0.3, 0.4) is 0 Å². The molecule has 0 saturated carbocycles. The Labute approximate surface area is 157 Å². The number of fused-ring (bicyclic) bond motifs is 1. The van der Waals surface area contributed by atoms with Gasteiger partial charge in [-0.1, -0.05) is 48.5 Å². The first-order valence-corrected chi connectivity index (χ1v) is 8.91. The minimum absolute atomic E-state index is 0.221. The molecule has 0 radical (unpaired) electrons. The van der Waals surface area contributed by atoms with Crippen LogP contribution in [-0.2, 0) is 6.42 Å². The molecule has 2 amide bonds. The van der Waals surface area contributed by atoms with Gasteiger partial charge in [0.15, 0.2) is 0 Å². The first kappa shape index (κ1) is 16.8. The van der Waals surface area contributed by atoms with E-state index in [2.05, 4.69) is 32.7 Å². The number of H-pyrrole nitrogens is 1. The number of rotatable bonds is 5. The molecule has 2 aromatic carbocycles. The van der Waals surface area contributed by atoms with E-state index in [1.807, 2.05) is 54.6 Å². The molecular formula is C22H20N4O. The van der Waals surface area contributed by atoms with Crippen molar-refractivity contribution in [3.05, 3.63) is 84.7 Å². The molecule has 0 atom stereocenters. The fraction of sp³-hybridized carbons (Fsp3) is 0.0909. The molecule has 0 unspecified atom stereocenters. The Morgan fingerprint density at radius 1 is 0.963 bits per heavy atom. The second kappa shape index (κ2) is 7.74. The monoisotopic (exact) mass is 356 g/mol. The Morgan fingerprint density at radius 2 is 1.78 bits per heavy atom. The van der Waals surface area contributed by atoms with E-state index in [-0.39, 0.29) is 6.03 Å². The first-order valence-electron chi connectivity index (χ1n) is 8.91. The van der Waals surface area contributed by atoms with Gasteiger partial charge in [0, 0.05) is 35.4 Å². The average molecular weight is 356 g/mol. The third-order valence-electron chi connectivity index (χ3n) is 4.44. The summed E-state index contributed by atoms with van der Waals surface area (Å²) in [6.07, 6.45) is 4.30. The van der Waals surface area contributed by atoms with Crippen LogP contribution >= 0.6 is 0 Å². The minimum atomic E-state index is -0.221. The van der Waals surface area contributed by atoms with Crippen LogP contribution < -0.4 is 10.6 Å². The van der Waals surface area contributed by atoms with Crippen LogP contribution in [0, 0.1) is 0 Å². The Kier molecular flexibility index (Phi) is 4.83. The molecule has 134 valence electrons. The van der Waals surface area contributed by atoms with Crippen LogP contribution in [0.5, 0.6) is 0 Å². The fourth-order valence-corrected chi connectivity index (χ4v) is 3.12. The zero-order valence-corrected chi connectivity index (χ0v) is 14.8. The number of nitrogens with zero attached hydrogens (tertiary/aromatic N) is 1. The number of carbonyl (C=O) groups is 1. The number of para-hydroxylation sites is 1. The maximum Gasteiger partial charge on any atom is 0.319 e. The number of benzene rings is 2. The summed E-state index contributed by atoms with van der Waals surface area (Å²) in [7, 11) is 0. The molecule has 0 bridgehead atoms. The number of pyridine rings is 1. The molecule has 0 fully saturated rings. The highest BCUT2D eigenvalue weighted by Crippen LogP contribution is 2.34. The van der Waals surface area contributed by atoms with E-state index in [0.29, 0.717) is 6.54 Å². The molecule has 3 N–H and O–H groups in total. The van der Waals surface area contributed by atoms with Crippen molar-refractivity contribution < 1.29 is 4.79 Å². The van der Waals surface area contributed by atoms with E-state index in [4.69, 9.17) is 0 Å². The quantitative estimate of drug-likeness (QED) is 0.489. The van der Waals surface area contributed by atoms with Gasteiger partial charge in [0.1, 0.15) is 0 Å². The number of hydrogen-bond donors (Lipinski definition) is 3. The Morgan fingerprint density at radius 3 is 2.59 bits per heavy atom. The number of aromatic nitrogens is 2. The van der Waals surface area contributed by atoms with Crippen LogP contribution in [0.1, 0.15) is 5.56 Å². The Balaban J connectivity index is 1.53. The molecule has 0 spiro atoms. The van der Waals surface area contributed by atoms with Gasteiger partial charge < -0.3 is 15.6 Å². The summed E-state index contributed by atoms with van der Waals surface area (Å²) in [4.78, 5) is 20.0. The largest absolute Gasteiger partial charge is 0.353 e. The van der Waals surface area contributed by atoms with Gasteiger partial charge in [-0.2, -0.15) is 0 Å². The summed E-state index contributed by atoms with van der Waals surface area (Å²) in [5, 5.41) is 6.91. The third-order valence-corrected chi connectivity index (χ3v) is 4.44. The number of hydrogen-bond acceptors (Lipinski definition) is 2. The molecule has 0 aliphatic heterocycles. The Hall–Kier alpha value is -3.60. The number of aromatic amines is 1. The van der Waals surface area contributed by atoms with Gasteiger partial charge in [-0.15, -0.1) is 0 Å². The lowest BCUT2D eigenvalue weighted by molar-refractivity contribution is 0.252. The third kappa shape index (κ3) is 3.82. The molecule has 4 rings (SSSR count). The van der Waals surface area contributed by atoms with Gasteiger partial charge in [-0.25, -0.2) is 4.79 Å². The molecule has 27 heavy (non-hydrogen) atoms. The summed E-state index contributed by atoms with van der Waals surface area (Å²) in [6.45, 7) is 0.570. The van der Waals surface area contributed by atoms with Crippen molar-refractivity contribution in [2.24, 2.45) is 0 Å². The van der Waals surface area contributed by atoms with Crippen molar-refractivity contribution in [3.8, 4) is 11.3 Å². The molecule has 5 heteroatoms. The molecule has 0 aliphatic carbocycles. The van der Waals surface area contributed by atoms with Crippen molar-refractivity contribution in [1.82, 2.24) is 15.3 Å². The van der Waals surface area contributed by atoms with Crippen molar-refractivity contribution in [2.75, 3.05) is 11.9 Å². The summed E-state index contributed by atoms with van der Waals surface area (Å²) in [5.74, 6) is 0. The molecule has 5 nitrogen and oxygen atoms in total. The summed E-state index contributed by atoms with van der Waals surface area (Å²) in [5.41, 5.74) is 4.70. The number of nitrogens with one attached hydrogen (secondary N) is 3. The van der Waals surface area contributed by atoms with Crippen LogP contribution in [-0.4, -0.2) is 22.5 Å². The van der Waals surface area contributed by atoms with E-state index in [1.165, 1.54) is 5.56 Å². The highest BCUT2D eigenvalue weighted by molar-refractivity contribution is 6.07. The predicted octanol–water partition coefficient (Wildman–Crippen LogP) is 4.59. The van der Waals surface area contributed by atoms with E-state index >= 15 is 0 Å². The predicted molar refractivity (Wildman–Crippen MR) is 109 cm³/mol. The van der Waals surface area contributed by atoms with E-state index in [1.54, 1.807) is 12.4 Å². The molecule has 2 aromatic heterocycles. The number of anilines is 1. The highest BCUT2D eigenvalue weighted by atomic mass is 16.2. The van der Waals surface area contributed by atoms with Crippen LogP contribution in [0.2, 0.25) is 0 Å². The standard InChI is InChI=1S/C22H20N4O/c27-22(24-14-12-16-7-2-1-3-8-16)26-21-18-10-4-5-11-19(18)25-20(21)17-9-6-13-23-15-17/h1-11,13,15,25H,12,14H2,(H2,24,26,27). The van der Waals surface area contributed by atoms with Gasteiger partial charge in [-0.3, -0.25) is 4.98 Å². The van der Waals surface area contributed by atoms with Crippen molar-refractivity contribution in [3.63, 3.8) is 0 Å². The van der Waals surface area contributed by atoms with E-state index in [9.17, 15) is 4.79 Å². The molecular weight excluding hydrogens is 336 g/mol. The number of urea groups is 1. The lowest BCUT2D eigenvalue weighted by Gasteiger charge is -2.09. The zero-order valence-electron chi connectivity index (χ0n) is 14.8. The topological polar surface area (TPSA) is 69.8 Å². The SMILES string of the molecule is O=C(NCCc1ccccc1)Nc1c(-c2cccnc2)[nH]c2ccccc12. The summed E-state index contributed by atoms with van der Waals surface area (Å²) in [6, 6.07) is 21.6. The van der Waals surface area contributed by atoms with Crippen molar-refractivity contribution in [2.45, 2.75) is 6.42 Å².